The molecule has 0 unspecified atom stereocenters. The van der Waals surface area contributed by atoms with Crippen molar-refractivity contribution in [3.63, 3.8) is 0 Å². The number of hydrogen-bond donors (Lipinski definition) is 2. The van der Waals surface area contributed by atoms with Gasteiger partial charge in [-0.05, 0) is 62.1 Å². The van der Waals surface area contributed by atoms with Gasteiger partial charge in [0.05, 0.1) is 5.41 Å². The number of nitrogens with zero attached hydrogens (tertiary/aromatic N) is 1. The van der Waals surface area contributed by atoms with Gasteiger partial charge in [0.1, 0.15) is 17.5 Å². The first kappa shape index (κ1) is 22.2. The lowest BCUT2D eigenvalue weighted by Crippen LogP contribution is -2.30. The third kappa shape index (κ3) is 4.06. The van der Waals surface area contributed by atoms with Crippen LogP contribution in [0, 0.1) is 12.8 Å². The number of rotatable bonds is 7. The number of carbonyl (C=O) groups is 2. The molecule has 0 saturated heterocycles. The van der Waals surface area contributed by atoms with E-state index in [2.05, 4.69) is 10.5 Å². The highest BCUT2D eigenvalue weighted by atomic mass is 16.6. The molecular formula is C27H28N2O5. The lowest BCUT2D eigenvalue weighted by Gasteiger charge is -2.30. The van der Waals surface area contributed by atoms with Crippen LogP contribution in [0.15, 0.2) is 53.1 Å². The number of aromatic nitrogens is 1. The van der Waals surface area contributed by atoms with Crippen molar-refractivity contribution in [2.24, 2.45) is 5.92 Å². The maximum Gasteiger partial charge on any atom is 0.412 e. The van der Waals surface area contributed by atoms with Crippen LogP contribution in [-0.2, 0) is 14.9 Å². The van der Waals surface area contributed by atoms with Gasteiger partial charge < -0.3 is 14.4 Å². The van der Waals surface area contributed by atoms with Crippen molar-refractivity contribution < 1.29 is 24.0 Å². The van der Waals surface area contributed by atoms with Crippen LogP contribution in [0.3, 0.4) is 0 Å². The van der Waals surface area contributed by atoms with E-state index in [9.17, 15) is 14.7 Å². The summed E-state index contributed by atoms with van der Waals surface area (Å²) in [5.41, 5.74) is 4.01. The van der Waals surface area contributed by atoms with Crippen molar-refractivity contribution in [2.75, 3.05) is 5.32 Å². The molecule has 2 saturated carbocycles. The molecule has 2 N–H and O–H groups in total. The molecule has 1 amide bonds. The number of ether oxygens (including phenoxy) is 1. The first-order valence-electron chi connectivity index (χ1n) is 11.8. The molecule has 176 valence electrons. The van der Waals surface area contributed by atoms with Crippen LogP contribution in [0.1, 0.15) is 50.4 Å². The van der Waals surface area contributed by atoms with Crippen LogP contribution in [0.2, 0.25) is 0 Å². The van der Waals surface area contributed by atoms with Crippen LogP contribution in [0.25, 0.3) is 22.4 Å². The van der Waals surface area contributed by atoms with E-state index in [1.54, 1.807) is 6.92 Å². The summed E-state index contributed by atoms with van der Waals surface area (Å²) in [6.07, 6.45) is 4.15. The Labute approximate surface area is 198 Å². The number of benzene rings is 2. The lowest BCUT2D eigenvalue weighted by molar-refractivity contribution is -0.140. The molecule has 7 heteroatoms. The average Bonchev–Trinajstić information content (AvgIpc) is 3.53. The van der Waals surface area contributed by atoms with Gasteiger partial charge in [0.15, 0.2) is 5.76 Å². The van der Waals surface area contributed by atoms with Crippen LogP contribution < -0.4 is 5.32 Å². The van der Waals surface area contributed by atoms with Gasteiger partial charge in [-0.1, -0.05) is 60.1 Å². The van der Waals surface area contributed by atoms with Gasteiger partial charge in [-0.15, -0.1) is 0 Å². The van der Waals surface area contributed by atoms with Gasteiger partial charge in [-0.3, -0.25) is 10.1 Å². The van der Waals surface area contributed by atoms with Crippen LogP contribution in [0.4, 0.5) is 10.5 Å². The normalized spacial score (nSPS) is 17.5. The monoisotopic (exact) mass is 460 g/mol. The fourth-order valence-electron chi connectivity index (χ4n) is 4.58. The zero-order valence-electron chi connectivity index (χ0n) is 19.3. The minimum atomic E-state index is -0.752. The molecule has 2 fully saturated rings. The molecule has 3 aromatic rings. The quantitative estimate of drug-likeness (QED) is 0.437. The Balaban J connectivity index is 1.30. The Morgan fingerprint density at radius 2 is 1.65 bits per heavy atom. The smallest absolute Gasteiger partial charge is 0.412 e. The third-order valence-electron chi connectivity index (χ3n) is 7.28. The van der Waals surface area contributed by atoms with E-state index in [1.807, 2.05) is 55.5 Å². The molecule has 7 nitrogen and oxygen atoms in total. The highest BCUT2D eigenvalue weighted by Crippen LogP contribution is 2.48. The van der Waals surface area contributed by atoms with Gasteiger partial charge in [-0.2, -0.15) is 0 Å². The minimum absolute atomic E-state index is 0.117. The van der Waals surface area contributed by atoms with Gasteiger partial charge in [0.25, 0.3) is 0 Å². The SMILES string of the molecule is Cc1onc(-c2ccc(-c3ccc(C4(C(=O)O)CC4)cc3)cc2)c1NC(=O)O[C@H](C)C1CCC1. The number of amides is 1. The second-order valence-corrected chi connectivity index (χ2v) is 9.43. The predicted molar refractivity (Wildman–Crippen MR) is 128 cm³/mol. The summed E-state index contributed by atoms with van der Waals surface area (Å²) >= 11 is 0. The van der Waals surface area contributed by atoms with Crippen molar-refractivity contribution in [3.8, 4) is 22.4 Å². The van der Waals surface area contributed by atoms with Gasteiger partial charge in [0, 0.05) is 5.56 Å². The fraction of sp³-hybridized carbons (Fsp3) is 0.370. The predicted octanol–water partition coefficient (Wildman–Crippen LogP) is 6.17. The highest BCUT2D eigenvalue weighted by Gasteiger charge is 2.51. The molecule has 2 aliphatic carbocycles. The van der Waals surface area contributed by atoms with Crippen molar-refractivity contribution in [1.82, 2.24) is 5.16 Å². The van der Waals surface area contributed by atoms with Crippen molar-refractivity contribution in [3.05, 3.63) is 59.9 Å². The largest absolute Gasteiger partial charge is 0.481 e. The maximum absolute atomic E-state index is 12.4. The van der Waals surface area contributed by atoms with E-state index in [0.717, 1.165) is 35.1 Å². The summed E-state index contributed by atoms with van der Waals surface area (Å²) in [5.74, 6) is 0.197. The Kier molecular flexibility index (Phi) is 5.63. The summed E-state index contributed by atoms with van der Waals surface area (Å²) in [4.78, 5) is 24.0. The zero-order valence-corrected chi connectivity index (χ0v) is 19.3. The number of aliphatic carboxylic acids is 1. The summed E-state index contributed by atoms with van der Waals surface area (Å²) in [6, 6.07) is 15.5. The molecule has 2 aromatic carbocycles. The standard InChI is InChI=1S/C27H28N2O5/c1-16(18-4-3-5-18)33-26(32)28-23-17(2)34-29-24(23)21-8-6-19(7-9-21)20-10-12-22(13-11-20)27(14-15-27)25(30)31/h6-13,16,18H,3-5,14-15H2,1-2H3,(H,28,32)(H,30,31)/t16-/m1/s1. The van der Waals surface area contributed by atoms with E-state index >= 15 is 0 Å². The fourth-order valence-corrected chi connectivity index (χ4v) is 4.58. The molecule has 5 rings (SSSR count). The van der Waals surface area contributed by atoms with Crippen LogP contribution >= 0.6 is 0 Å². The second kappa shape index (κ2) is 8.63. The van der Waals surface area contributed by atoms with E-state index in [4.69, 9.17) is 9.26 Å². The Hall–Kier alpha value is -3.61. The first-order valence-corrected chi connectivity index (χ1v) is 11.8. The number of nitrogens with one attached hydrogen (secondary N) is 1. The average molecular weight is 461 g/mol. The summed E-state index contributed by atoms with van der Waals surface area (Å²) < 4.78 is 10.9. The molecule has 0 radical (unpaired) electrons. The van der Waals surface area contributed by atoms with Gasteiger partial charge >= 0.3 is 12.1 Å². The van der Waals surface area contributed by atoms with Crippen LogP contribution in [0.5, 0.6) is 0 Å². The third-order valence-corrected chi connectivity index (χ3v) is 7.28. The highest BCUT2D eigenvalue weighted by molar-refractivity contribution is 5.91. The molecule has 0 spiro atoms. The maximum atomic E-state index is 12.4. The number of aryl methyl sites for hydroxylation is 1. The van der Waals surface area contributed by atoms with Gasteiger partial charge in [0.2, 0.25) is 0 Å². The molecule has 1 aromatic heterocycles. The summed E-state index contributed by atoms with van der Waals surface area (Å²) in [7, 11) is 0. The number of anilines is 1. The topological polar surface area (TPSA) is 102 Å². The molecule has 1 heterocycles. The lowest BCUT2D eigenvalue weighted by atomic mass is 9.82. The summed E-state index contributed by atoms with van der Waals surface area (Å²) in [6.45, 7) is 3.68. The number of carbonyl (C=O) groups excluding carboxylic acids is 1. The number of hydrogen-bond acceptors (Lipinski definition) is 5. The van der Waals surface area contributed by atoms with Crippen molar-refractivity contribution in [1.29, 1.82) is 0 Å². The molecule has 2 aliphatic rings. The number of carboxylic acid groups (broad SMARTS) is 1. The second-order valence-electron chi connectivity index (χ2n) is 9.43. The minimum Gasteiger partial charge on any atom is -0.481 e. The Bertz CT molecular complexity index is 1200. The Morgan fingerprint density at radius 1 is 1.06 bits per heavy atom. The van der Waals surface area contributed by atoms with Crippen LogP contribution in [-0.4, -0.2) is 28.4 Å². The van der Waals surface area contributed by atoms with E-state index in [0.29, 0.717) is 35.9 Å². The Morgan fingerprint density at radius 3 is 2.18 bits per heavy atom. The molecule has 0 aliphatic heterocycles. The van der Waals surface area contributed by atoms with Crippen molar-refractivity contribution in [2.45, 2.75) is 57.5 Å². The zero-order chi connectivity index (χ0) is 23.9. The van der Waals surface area contributed by atoms with Crippen molar-refractivity contribution >= 4 is 17.7 Å². The molecule has 1 atom stereocenters. The molecule has 34 heavy (non-hydrogen) atoms. The molecular weight excluding hydrogens is 432 g/mol. The summed E-state index contributed by atoms with van der Waals surface area (Å²) in [5, 5.41) is 16.4. The number of carboxylic acids is 1. The first-order chi connectivity index (χ1) is 16.4. The van der Waals surface area contributed by atoms with E-state index in [1.165, 1.54) is 6.42 Å². The van der Waals surface area contributed by atoms with E-state index < -0.39 is 17.5 Å². The van der Waals surface area contributed by atoms with E-state index in [-0.39, 0.29) is 6.10 Å². The molecule has 0 bridgehead atoms. The van der Waals surface area contributed by atoms with Gasteiger partial charge in [-0.25, -0.2) is 4.79 Å².